The second-order valence-corrected chi connectivity index (χ2v) is 1.52. The molecule has 1 heteroatoms. The third kappa shape index (κ3) is 37.7. The summed E-state index contributed by atoms with van der Waals surface area (Å²) in [6.45, 7) is 10.8. The summed E-state index contributed by atoms with van der Waals surface area (Å²) in [7, 11) is 0. The molecule has 0 saturated heterocycles. The van der Waals surface area contributed by atoms with Crippen LogP contribution in [0.5, 0.6) is 0 Å². The molecule has 0 atom stereocenters. The fourth-order valence-electron chi connectivity index (χ4n) is 0.272. The third-order valence-electron chi connectivity index (χ3n) is 0.657. The van der Waals surface area contributed by atoms with Crippen molar-refractivity contribution < 1.29 is 0 Å². The van der Waals surface area contributed by atoms with Crippen LogP contribution in [0.15, 0.2) is 49.6 Å². The normalized spacial score (nSPS) is 8.18. The van der Waals surface area contributed by atoms with Gasteiger partial charge in [-0.3, -0.25) is 0 Å². The Balaban J connectivity index is -0.000000107. The summed E-state index contributed by atoms with van der Waals surface area (Å²) >= 11 is 0. The van der Waals surface area contributed by atoms with E-state index in [2.05, 4.69) is 13.2 Å². The maximum Gasteiger partial charge on any atom is 2.00 e. The van der Waals surface area contributed by atoms with E-state index < -0.39 is 0 Å². The molecule has 0 saturated carbocycles. The van der Waals surface area contributed by atoms with Gasteiger partial charge in [0.1, 0.15) is 0 Å². The third-order valence-corrected chi connectivity index (χ3v) is 0.657. The van der Waals surface area contributed by atoms with Gasteiger partial charge in [0.15, 0.2) is 0 Å². The number of rotatable bonds is 2. The largest absolute Gasteiger partial charge is 2.00 e. The standard InChI is InChI=1S/2C5H8.Sr/c2*1-3-5-4-2;/h2*3-5H,1H2,2H3;/q;;+2/b2*5-4+;. The zero-order valence-electron chi connectivity index (χ0n) is 7.59. The summed E-state index contributed by atoms with van der Waals surface area (Å²) in [5.74, 6) is 0. The first-order valence-corrected chi connectivity index (χ1v) is 3.30. The van der Waals surface area contributed by atoms with E-state index in [0.717, 1.165) is 0 Å². The Labute approximate surface area is 108 Å². The van der Waals surface area contributed by atoms with Crippen LogP contribution in [-0.4, -0.2) is 45.5 Å². The fraction of sp³-hybridized carbons (Fsp3) is 0.200. The summed E-state index contributed by atoms with van der Waals surface area (Å²) in [5.41, 5.74) is 0. The minimum absolute atomic E-state index is 0. The average molecular weight is 224 g/mol. The van der Waals surface area contributed by atoms with Crippen molar-refractivity contribution in [3.8, 4) is 0 Å². The zero-order chi connectivity index (χ0) is 8.24. The Hall–Kier alpha value is 0.441. The van der Waals surface area contributed by atoms with Gasteiger partial charge in [-0.15, -0.1) is 0 Å². The molecule has 0 amide bonds. The Morgan fingerprint density at radius 3 is 1.09 bits per heavy atom. The molecule has 0 bridgehead atoms. The Kier molecular flexibility index (Phi) is 35.7. The van der Waals surface area contributed by atoms with Crippen molar-refractivity contribution in [1.29, 1.82) is 0 Å². The molecule has 0 aliphatic heterocycles. The molecule has 11 heavy (non-hydrogen) atoms. The monoisotopic (exact) mass is 224 g/mol. The summed E-state index contributed by atoms with van der Waals surface area (Å²) in [4.78, 5) is 0. The van der Waals surface area contributed by atoms with E-state index in [-0.39, 0.29) is 45.5 Å². The van der Waals surface area contributed by atoms with Gasteiger partial charge in [-0.05, 0) is 13.8 Å². The summed E-state index contributed by atoms with van der Waals surface area (Å²) in [6.07, 6.45) is 11.2. The molecule has 0 rings (SSSR count). The van der Waals surface area contributed by atoms with E-state index in [1.165, 1.54) is 0 Å². The van der Waals surface area contributed by atoms with Crippen molar-refractivity contribution in [2.45, 2.75) is 13.8 Å². The van der Waals surface area contributed by atoms with Gasteiger partial charge in [0, 0.05) is 0 Å². The van der Waals surface area contributed by atoms with Crippen molar-refractivity contribution in [1.82, 2.24) is 0 Å². The number of hydrogen-bond acceptors (Lipinski definition) is 0. The van der Waals surface area contributed by atoms with E-state index in [1.54, 1.807) is 12.2 Å². The van der Waals surface area contributed by atoms with Gasteiger partial charge in [-0.25, -0.2) is 0 Å². The van der Waals surface area contributed by atoms with Crippen LogP contribution in [-0.2, 0) is 0 Å². The van der Waals surface area contributed by atoms with Crippen LogP contribution in [0.4, 0.5) is 0 Å². The molecule has 0 aromatic carbocycles. The molecule has 0 aromatic rings. The van der Waals surface area contributed by atoms with E-state index in [1.807, 2.05) is 38.2 Å². The smallest absolute Gasteiger partial charge is 0.0991 e. The van der Waals surface area contributed by atoms with Crippen LogP contribution in [0.1, 0.15) is 13.8 Å². The van der Waals surface area contributed by atoms with Gasteiger partial charge in [0.25, 0.3) is 0 Å². The minimum atomic E-state index is 0. The molecular weight excluding hydrogens is 208 g/mol. The summed E-state index contributed by atoms with van der Waals surface area (Å²) < 4.78 is 0. The SMILES string of the molecule is C=C/C=C/C.C=C/C=C/C.[Sr+2]. The topological polar surface area (TPSA) is 0 Å². The van der Waals surface area contributed by atoms with Crippen LogP contribution < -0.4 is 0 Å². The second-order valence-electron chi connectivity index (χ2n) is 1.52. The quantitative estimate of drug-likeness (QED) is 0.499. The first kappa shape index (κ1) is 17.5. The molecule has 0 aliphatic carbocycles. The zero-order valence-corrected chi connectivity index (χ0v) is 11.1. The molecule has 0 aromatic heterocycles. The minimum Gasteiger partial charge on any atom is -0.0991 e. The number of allylic oxidation sites excluding steroid dienone is 6. The first-order valence-electron chi connectivity index (χ1n) is 3.30. The van der Waals surface area contributed by atoms with Crippen molar-refractivity contribution in [3.63, 3.8) is 0 Å². The van der Waals surface area contributed by atoms with Crippen molar-refractivity contribution in [2.75, 3.05) is 0 Å². The molecule has 0 unspecified atom stereocenters. The maximum absolute atomic E-state index is 3.46. The molecule has 0 radical (unpaired) electrons. The molecule has 0 nitrogen and oxygen atoms in total. The van der Waals surface area contributed by atoms with E-state index in [9.17, 15) is 0 Å². The van der Waals surface area contributed by atoms with Crippen LogP contribution >= 0.6 is 0 Å². The Morgan fingerprint density at radius 1 is 0.818 bits per heavy atom. The van der Waals surface area contributed by atoms with Crippen LogP contribution in [0.2, 0.25) is 0 Å². The predicted molar refractivity (Wildman–Crippen MR) is 55.8 cm³/mol. The van der Waals surface area contributed by atoms with E-state index in [4.69, 9.17) is 0 Å². The van der Waals surface area contributed by atoms with Gasteiger partial charge in [0.2, 0.25) is 0 Å². The Morgan fingerprint density at radius 2 is 1.09 bits per heavy atom. The average Bonchev–Trinajstić information content (AvgIpc) is 1.93. The Bertz CT molecular complexity index is 105. The van der Waals surface area contributed by atoms with Gasteiger partial charge in [-0.1, -0.05) is 49.6 Å². The predicted octanol–water partition coefficient (Wildman–Crippen LogP) is 3.12. The van der Waals surface area contributed by atoms with Crippen LogP contribution in [0, 0.1) is 0 Å². The fourth-order valence-corrected chi connectivity index (χ4v) is 0.272. The maximum atomic E-state index is 3.46. The van der Waals surface area contributed by atoms with Crippen molar-refractivity contribution in [2.24, 2.45) is 0 Å². The van der Waals surface area contributed by atoms with Gasteiger partial charge in [-0.2, -0.15) is 0 Å². The molecule has 0 N–H and O–H groups in total. The van der Waals surface area contributed by atoms with Gasteiger partial charge >= 0.3 is 45.5 Å². The second kappa shape index (κ2) is 22.4. The van der Waals surface area contributed by atoms with E-state index >= 15 is 0 Å². The molecule has 0 heterocycles. The molecule has 0 spiro atoms. The number of hydrogen-bond donors (Lipinski definition) is 0. The van der Waals surface area contributed by atoms with Crippen molar-refractivity contribution >= 4 is 45.5 Å². The first-order chi connectivity index (χ1) is 4.83. The molecular formula is C10H16Sr+2. The molecule has 0 fully saturated rings. The molecule has 0 aliphatic rings. The van der Waals surface area contributed by atoms with Gasteiger partial charge < -0.3 is 0 Å². The van der Waals surface area contributed by atoms with Crippen LogP contribution in [0.25, 0.3) is 0 Å². The van der Waals surface area contributed by atoms with Crippen molar-refractivity contribution in [3.05, 3.63) is 49.6 Å². The summed E-state index contributed by atoms with van der Waals surface area (Å²) in [5, 5.41) is 0. The van der Waals surface area contributed by atoms with Crippen LogP contribution in [0.3, 0.4) is 0 Å². The van der Waals surface area contributed by atoms with E-state index in [0.29, 0.717) is 0 Å². The molecule has 56 valence electrons. The van der Waals surface area contributed by atoms with Gasteiger partial charge in [0.05, 0.1) is 0 Å². The summed E-state index contributed by atoms with van der Waals surface area (Å²) in [6, 6.07) is 0.